The molecule has 0 saturated carbocycles. The minimum absolute atomic E-state index is 0.0147. The number of hydrogen-bond donors (Lipinski definition) is 5. The molecule has 2 aliphatic rings. The van der Waals surface area contributed by atoms with Gasteiger partial charge in [-0.3, -0.25) is 23.2 Å². The Morgan fingerprint density at radius 1 is 0.632 bits per heavy atom. The van der Waals surface area contributed by atoms with Crippen LogP contribution in [0.5, 0.6) is 0 Å². The zero-order chi connectivity index (χ0) is 69.0. The van der Waals surface area contributed by atoms with Crippen molar-refractivity contribution < 1.29 is 89.8 Å². The first-order chi connectivity index (χ1) is 45.1. The third kappa shape index (κ3) is 20.9. The molecule has 0 saturated heterocycles. The summed E-state index contributed by atoms with van der Waals surface area (Å²) in [4.78, 5) is 40.9. The van der Waals surface area contributed by atoms with Gasteiger partial charge in [0, 0.05) is 78.5 Å². The summed E-state index contributed by atoms with van der Waals surface area (Å²) in [7, 11) is -16.8. The molecule has 2 aliphatic heterocycles. The summed E-state index contributed by atoms with van der Waals surface area (Å²) in [5.74, 6) is -2.35. The van der Waals surface area contributed by atoms with Crippen LogP contribution in [0.25, 0.3) is 0 Å². The zero-order valence-electron chi connectivity index (χ0n) is 53.3. The smallest absolute Gasteiger partial charge is 0.338 e. The molecule has 95 heavy (non-hydrogen) atoms. The molecule has 5 aromatic carbocycles. The van der Waals surface area contributed by atoms with E-state index in [1.807, 2.05) is 77.1 Å². The molecular formula is C67H81N4O19PS4. The molecular weight excluding hydrogens is 1320 g/mol. The molecule has 0 bridgehead atoms. The molecule has 0 radical (unpaired) electrons. The highest BCUT2D eigenvalue weighted by Gasteiger charge is 2.48. The molecule has 23 nitrogen and oxygen atoms in total. The van der Waals surface area contributed by atoms with E-state index in [0.29, 0.717) is 96.0 Å². The molecule has 0 aliphatic carbocycles. The van der Waals surface area contributed by atoms with E-state index >= 15 is 0 Å². The first-order valence-corrected chi connectivity index (χ1v) is 38.1. The maximum atomic E-state index is 13.6. The summed E-state index contributed by atoms with van der Waals surface area (Å²) in [6.45, 7) is 5.99. The Hall–Kier alpha value is -7.11. The van der Waals surface area contributed by atoms with Gasteiger partial charge in [0.05, 0.1) is 65.8 Å². The lowest BCUT2D eigenvalue weighted by molar-refractivity contribution is -0.442. The number of methoxy groups -OCH3 is 2. The zero-order valence-corrected chi connectivity index (χ0v) is 57.5. The molecule has 5 aromatic rings. The molecule has 2 heterocycles. The average Bonchev–Trinajstić information content (AvgIpc) is 1.60. The van der Waals surface area contributed by atoms with Crippen molar-refractivity contribution in [2.75, 3.05) is 89.8 Å². The van der Waals surface area contributed by atoms with Crippen molar-refractivity contribution in [1.82, 2.24) is 10.6 Å². The van der Waals surface area contributed by atoms with Gasteiger partial charge in [0.2, 0.25) is 11.6 Å². The maximum absolute atomic E-state index is 13.6. The maximum Gasteiger partial charge on any atom is 0.338 e. The topological polar surface area (TPSA) is 339 Å². The van der Waals surface area contributed by atoms with Crippen LogP contribution in [0.1, 0.15) is 97.1 Å². The highest BCUT2D eigenvalue weighted by molar-refractivity contribution is 7.86. The van der Waals surface area contributed by atoms with Gasteiger partial charge in [-0.15, -0.1) is 0 Å². The number of anilines is 1. The Balaban J connectivity index is 1.06. The fraction of sp³-hybridized carbons (Fsp3) is 0.373. The van der Waals surface area contributed by atoms with Crippen LogP contribution in [0.15, 0.2) is 173 Å². The van der Waals surface area contributed by atoms with E-state index in [1.54, 1.807) is 80.8 Å². The highest BCUT2D eigenvalue weighted by atomic mass is 32.2. The minimum atomic E-state index is -4.94. The molecule has 5 N–H and O–H groups in total. The van der Waals surface area contributed by atoms with Crippen molar-refractivity contribution in [2.45, 2.75) is 85.8 Å². The van der Waals surface area contributed by atoms with Crippen molar-refractivity contribution in [3.63, 3.8) is 0 Å². The molecule has 512 valence electrons. The van der Waals surface area contributed by atoms with E-state index in [9.17, 15) is 66.3 Å². The number of ether oxygens (including phenoxy) is 4. The van der Waals surface area contributed by atoms with Gasteiger partial charge in [0.1, 0.15) is 16.7 Å². The predicted octanol–water partition coefficient (Wildman–Crippen LogP) is 7.19. The van der Waals surface area contributed by atoms with E-state index in [1.165, 1.54) is 37.4 Å². The lowest BCUT2D eigenvalue weighted by atomic mass is 9.76. The Labute approximate surface area is 557 Å². The van der Waals surface area contributed by atoms with Gasteiger partial charge in [-0.2, -0.15) is 29.8 Å². The largest absolute Gasteiger partial charge is 0.744 e. The Kier molecular flexibility index (Phi) is 27.1. The van der Waals surface area contributed by atoms with Crippen LogP contribution in [-0.4, -0.2) is 165 Å². The van der Waals surface area contributed by atoms with Crippen LogP contribution in [-0.2, 0) is 75.0 Å². The summed E-state index contributed by atoms with van der Waals surface area (Å²) in [5, 5.41) is 8.31. The normalized spacial score (nSPS) is 17.2. The number of hydrogen-bond acceptors (Lipinski definition) is 17. The summed E-state index contributed by atoms with van der Waals surface area (Å²) < 4.78 is 163. The van der Waals surface area contributed by atoms with E-state index in [2.05, 4.69) is 10.6 Å². The van der Waals surface area contributed by atoms with Crippen molar-refractivity contribution in [3.05, 3.63) is 186 Å². The van der Waals surface area contributed by atoms with Gasteiger partial charge in [-0.05, 0) is 131 Å². The van der Waals surface area contributed by atoms with E-state index < -0.39 is 87.5 Å². The number of nitrogens with zero attached hydrogens (tertiary/aromatic N) is 2. The Morgan fingerprint density at radius 2 is 1.22 bits per heavy atom. The Bertz CT molecular complexity index is 4130. The quantitative estimate of drug-likeness (QED) is 0.00655. The molecule has 28 heteroatoms. The van der Waals surface area contributed by atoms with E-state index in [0.717, 1.165) is 10.6 Å². The van der Waals surface area contributed by atoms with Crippen LogP contribution >= 0.6 is 7.92 Å². The second-order valence-electron chi connectivity index (χ2n) is 23.0. The van der Waals surface area contributed by atoms with Crippen molar-refractivity contribution in [3.8, 4) is 0 Å². The highest BCUT2D eigenvalue weighted by Crippen LogP contribution is 2.52. The summed E-state index contributed by atoms with van der Waals surface area (Å²) >= 11 is 0. The standard InChI is InChI=1S/C67H81N4O19PS4/c1-66(34-19-45-92(75,76)77)56-48-53(94(81,82)83)29-32-58(56)70(38-18-10-17-27-63(72)68-36-37-69-64(73)50-28-31-55(65(74)88-4)60(47-50)91(51-21-11-8-12-22-51)52-23-13-9-14-24-52)61(66)25-15-6-5-7-16-26-62-67(2,35-20-46-93(78,79)80)57-49-54(95(84,85)86)30-33-59(57)71(62)39-40-89-43-44-90-42-41-87-3/h5-9,11-16,21-26,28-33,47-49H,10,17-20,27,34-46H2,1-4H3,(H5-,68,69,72,73,75,76,77,78,79,80,81,82,83,84,85,86). The van der Waals surface area contributed by atoms with Crippen molar-refractivity contribution >= 4 is 99.2 Å². The van der Waals surface area contributed by atoms with Gasteiger partial charge in [0.25, 0.3) is 36.3 Å². The average molecular weight is 1410 g/mol. The molecule has 0 aromatic heterocycles. The number of fused-ring (bicyclic) bond motifs is 2. The number of amides is 2. The minimum Gasteiger partial charge on any atom is -0.744 e. The van der Waals surface area contributed by atoms with Crippen LogP contribution in [0.2, 0.25) is 0 Å². The number of unbranched alkanes of at least 4 members (excludes halogenated alkanes) is 2. The number of esters is 1. The molecule has 2 atom stereocenters. The number of carbonyl (C=O) groups excluding carboxylic acids is 3. The van der Waals surface area contributed by atoms with Gasteiger partial charge in [0.15, 0.2) is 12.3 Å². The monoisotopic (exact) mass is 1400 g/mol. The number of allylic oxidation sites excluding steroid dienone is 8. The van der Waals surface area contributed by atoms with Crippen LogP contribution in [0.3, 0.4) is 0 Å². The van der Waals surface area contributed by atoms with E-state index in [-0.39, 0.29) is 75.8 Å². The van der Waals surface area contributed by atoms with Gasteiger partial charge < -0.3 is 39.0 Å². The molecule has 0 fully saturated rings. The van der Waals surface area contributed by atoms with Crippen LogP contribution < -0.4 is 31.4 Å². The summed E-state index contributed by atoms with van der Waals surface area (Å²) in [6, 6.07) is 32.5. The summed E-state index contributed by atoms with van der Waals surface area (Å²) in [5.41, 5.74) is 1.84. The summed E-state index contributed by atoms with van der Waals surface area (Å²) in [6.07, 6.45) is 14.0. The fourth-order valence-corrected chi connectivity index (χ4v) is 16.2. The molecule has 2 amide bonds. The van der Waals surface area contributed by atoms with Gasteiger partial charge in [-0.25, -0.2) is 13.2 Å². The number of rotatable bonds is 37. The van der Waals surface area contributed by atoms with Gasteiger partial charge >= 0.3 is 5.97 Å². The molecule has 2 unspecified atom stereocenters. The first-order valence-electron chi connectivity index (χ1n) is 30.7. The first kappa shape index (κ1) is 75.3. The molecule has 0 spiro atoms. The number of benzene rings is 5. The SMILES string of the molecule is COCCOCCOCC[N+]1=C(C=CC=CC=CC=C2N(CCCCCC(=O)NCCNC(=O)c3ccc(C(=O)OC)c(P(c4ccccc4)c4ccccc4)c3)c3ccc(S(=O)(=O)[O-])cc3C2(C)CCCS(=O)(=O)O)C(C)(CCCS(=O)(=O)O)c2cc(S(=O)(=O)O)ccc21. The van der Waals surface area contributed by atoms with Crippen molar-refractivity contribution in [2.24, 2.45) is 0 Å². The lowest BCUT2D eigenvalue weighted by Gasteiger charge is -2.30. The predicted molar refractivity (Wildman–Crippen MR) is 363 cm³/mol. The van der Waals surface area contributed by atoms with E-state index in [4.69, 9.17) is 18.9 Å². The molecule has 7 rings (SSSR count). The third-order valence-electron chi connectivity index (χ3n) is 16.3. The second kappa shape index (κ2) is 34.2. The fourth-order valence-electron chi connectivity index (χ4n) is 11.7. The van der Waals surface area contributed by atoms with Gasteiger partial charge in [-0.1, -0.05) is 97.5 Å². The van der Waals surface area contributed by atoms with Crippen LogP contribution in [0.4, 0.5) is 11.4 Å². The van der Waals surface area contributed by atoms with Crippen LogP contribution in [0, 0.1) is 0 Å². The van der Waals surface area contributed by atoms with Crippen molar-refractivity contribution in [1.29, 1.82) is 0 Å². The number of carbonyl (C=O) groups is 3. The second-order valence-corrected chi connectivity index (χ2v) is 31.1. The Morgan fingerprint density at radius 3 is 1.84 bits per heavy atom. The number of nitrogens with one attached hydrogen (secondary N) is 2. The third-order valence-corrected chi connectivity index (χ3v) is 22.1. The lowest BCUT2D eigenvalue weighted by Crippen LogP contribution is -2.35.